The Morgan fingerprint density at radius 3 is 2.47 bits per heavy atom. The van der Waals surface area contributed by atoms with Crippen molar-refractivity contribution in [2.45, 2.75) is 58.0 Å². The zero-order valence-electron chi connectivity index (χ0n) is 12.0. The van der Waals surface area contributed by atoms with Crippen molar-refractivity contribution in [3.8, 4) is 0 Å². The average molecular weight is 264 g/mol. The molecule has 1 aromatic rings. The van der Waals surface area contributed by atoms with Gasteiger partial charge >= 0.3 is 7.12 Å². The van der Waals surface area contributed by atoms with Crippen molar-refractivity contribution in [1.82, 2.24) is 9.78 Å². The zero-order chi connectivity index (χ0) is 13.7. The maximum absolute atomic E-state index is 6.00. The molecule has 104 valence electrons. The van der Waals surface area contributed by atoms with Gasteiger partial charge in [0, 0.05) is 24.5 Å². The molecule has 19 heavy (non-hydrogen) atoms. The van der Waals surface area contributed by atoms with Crippen molar-refractivity contribution in [2.75, 3.05) is 6.61 Å². The van der Waals surface area contributed by atoms with Crippen LogP contribution in [0.5, 0.6) is 0 Å². The molecule has 2 saturated heterocycles. The van der Waals surface area contributed by atoms with E-state index in [1.54, 1.807) is 0 Å². The highest BCUT2D eigenvalue weighted by Gasteiger charge is 2.52. The third kappa shape index (κ3) is 2.33. The van der Waals surface area contributed by atoms with Gasteiger partial charge in [-0.05, 0) is 34.1 Å². The minimum atomic E-state index is -0.332. The SMILES string of the molecule is CC1(C)OB(c2cnn(CC3CCO3)c2)OC1(C)C. The molecule has 0 aliphatic carbocycles. The van der Waals surface area contributed by atoms with Crippen LogP contribution in [0.25, 0.3) is 0 Å². The van der Waals surface area contributed by atoms with Crippen LogP contribution in [-0.2, 0) is 20.6 Å². The quantitative estimate of drug-likeness (QED) is 0.763. The van der Waals surface area contributed by atoms with Gasteiger partial charge in [0.15, 0.2) is 0 Å². The van der Waals surface area contributed by atoms with Crippen molar-refractivity contribution in [3.63, 3.8) is 0 Å². The lowest BCUT2D eigenvalue weighted by Gasteiger charge is -2.32. The summed E-state index contributed by atoms with van der Waals surface area (Å²) in [5, 5.41) is 4.35. The zero-order valence-corrected chi connectivity index (χ0v) is 12.0. The van der Waals surface area contributed by atoms with E-state index >= 15 is 0 Å². The van der Waals surface area contributed by atoms with E-state index in [1.165, 1.54) is 0 Å². The molecule has 5 nitrogen and oxygen atoms in total. The van der Waals surface area contributed by atoms with Crippen LogP contribution in [0.15, 0.2) is 12.4 Å². The molecule has 0 saturated carbocycles. The van der Waals surface area contributed by atoms with Gasteiger partial charge in [-0.15, -0.1) is 0 Å². The molecule has 1 aromatic heterocycles. The van der Waals surface area contributed by atoms with Gasteiger partial charge in [-0.25, -0.2) is 0 Å². The highest BCUT2D eigenvalue weighted by atomic mass is 16.7. The van der Waals surface area contributed by atoms with Gasteiger partial charge < -0.3 is 14.0 Å². The summed E-state index contributed by atoms with van der Waals surface area (Å²) in [6, 6.07) is 0. The van der Waals surface area contributed by atoms with E-state index in [4.69, 9.17) is 14.0 Å². The minimum absolute atomic E-state index is 0.309. The maximum atomic E-state index is 6.00. The van der Waals surface area contributed by atoms with Gasteiger partial charge in [-0.1, -0.05) is 0 Å². The van der Waals surface area contributed by atoms with E-state index in [-0.39, 0.29) is 18.3 Å². The van der Waals surface area contributed by atoms with E-state index in [0.29, 0.717) is 6.10 Å². The summed E-state index contributed by atoms with van der Waals surface area (Å²) < 4.78 is 19.3. The summed E-state index contributed by atoms with van der Waals surface area (Å²) in [4.78, 5) is 0. The largest absolute Gasteiger partial charge is 0.498 e. The maximum Gasteiger partial charge on any atom is 0.498 e. The van der Waals surface area contributed by atoms with E-state index < -0.39 is 0 Å². The monoisotopic (exact) mass is 264 g/mol. The van der Waals surface area contributed by atoms with Gasteiger partial charge in [0.2, 0.25) is 0 Å². The van der Waals surface area contributed by atoms with Crippen LogP contribution in [0.1, 0.15) is 34.1 Å². The van der Waals surface area contributed by atoms with Gasteiger partial charge in [0.05, 0.1) is 23.9 Å². The lowest BCUT2D eigenvalue weighted by Crippen LogP contribution is -2.41. The Morgan fingerprint density at radius 1 is 1.32 bits per heavy atom. The van der Waals surface area contributed by atoms with Crippen LogP contribution in [0, 0.1) is 0 Å². The molecule has 3 heterocycles. The fraction of sp³-hybridized carbons (Fsp3) is 0.769. The Morgan fingerprint density at radius 2 is 1.95 bits per heavy atom. The topological polar surface area (TPSA) is 45.5 Å². The van der Waals surface area contributed by atoms with E-state index in [0.717, 1.165) is 25.0 Å². The molecule has 2 aliphatic heterocycles. The third-order valence-electron chi connectivity index (χ3n) is 4.36. The van der Waals surface area contributed by atoms with Crippen molar-refractivity contribution in [2.24, 2.45) is 0 Å². The van der Waals surface area contributed by atoms with Crippen molar-refractivity contribution >= 4 is 12.6 Å². The average Bonchev–Trinajstić information content (AvgIpc) is 2.77. The van der Waals surface area contributed by atoms with Crippen LogP contribution in [0.2, 0.25) is 0 Å². The molecule has 6 heteroatoms. The standard InChI is InChI=1S/C13H21BN2O3/c1-12(2)13(3,4)19-14(18-12)10-7-15-16(8-10)9-11-5-6-17-11/h7-8,11H,5-6,9H2,1-4H3. The molecule has 2 aliphatic rings. The summed E-state index contributed by atoms with van der Waals surface area (Å²) in [6.07, 6.45) is 5.24. The number of hydrogen-bond donors (Lipinski definition) is 0. The van der Waals surface area contributed by atoms with E-state index in [2.05, 4.69) is 32.8 Å². The van der Waals surface area contributed by atoms with Crippen LogP contribution < -0.4 is 5.46 Å². The highest BCUT2D eigenvalue weighted by Crippen LogP contribution is 2.36. The summed E-state index contributed by atoms with van der Waals surface area (Å²) in [5.41, 5.74) is 0.353. The van der Waals surface area contributed by atoms with Gasteiger partial charge in [0.1, 0.15) is 0 Å². The molecular formula is C13H21BN2O3. The van der Waals surface area contributed by atoms with Crippen LogP contribution >= 0.6 is 0 Å². The Kier molecular flexibility index (Phi) is 3.00. The number of rotatable bonds is 3. The Labute approximate surface area is 114 Å². The molecule has 0 amide bonds. The summed E-state index contributed by atoms with van der Waals surface area (Å²) in [6.45, 7) is 9.90. The third-order valence-corrected chi connectivity index (χ3v) is 4.36. The molecule has 0 radical (unpaired) electrons. The van der Waals surface area contributed by atoms with Crippen LogP contribution in [-0.4, -0.2) is 40.8 Å². The Bertz CT molecular complexity index is 452. The number of hydrogen-bond acceptors (Lipinski definition) is 4. The molecule has 1 unspecified atom stereocenters. The second-order valence-corrected chi connectivity index (χ2v) is 6.37. The normalized spacial score (nSPS) is 28.4. The number of nitrogens with zero attached hydrogens (tertiary/aromatic N) is 2. The number of aromatic nitrogens is 2. The molecule has 0 bridgehead atoms. The Hall–Kier alpha value is -0.845. The first-order valence-corrected chi connectivity index (χ1v) is 6.87. The molecule has 2 fully saturated rings. The van der Waals surface area contributed by atoms with Gasteiger partial charge in [-0.2, -0.15) is 5.10 Å². The lowest BCUT2D eigenvalue weighted by molar-refractivity contribution is -0.0608. The second-order valence-electron chi connectivity index (χ2n) is 6.37. The van der Waals surface area contributed by atoms with E-state index in [1.807, 2.05) is 17.1 Å². The molecule has 0 spiro atoms. The Balaban J connectivity index is 1.70. The van der Waals surface area contributed by atoms with Crippen molar-refractivity contribution in [3.05, 3.63) is 12.4 Å². The summed E-state index contributed by atoms with van der Waals surface area (Å²) in [7, 11) is -0.332. The highest BCUT2D eigenvalue weighted by molar-refractivity contribution is 6.61. The molecule has 0 N–H and O–H groups in total. The first-order chi connectivity index (χ1) is 8.87. The summed E-state index contributed by atoms with van der Waals surface area (Å²) in [5.74, 6) is 0. The first kappa shape index (κ1) is 13.2. The second kappa shape index (κ2) is 4.33. The number of ether oxygens (including phenoxy) is 1. The predicted molar refractivity (Wildman–Crippen MR) is 72.3 cm³/mol. The fourth-order valence-corrected chi connectivity index (χ4v) is 2.22. The lowest BCUT2D eigenvalue weighted by atomic mass is 9.82. The summed E-state index contributed by atoms with van der Waals surface area (Å²) >= 11 is 0. The van der Waals surface area contributed by atoms with Crippen molar-refractivity contribution in [1.29, 1.82) is 0 Å². The molecule has 3 rings (SSSR count). The van der Waals surface area contributed by atoms with Crippen LogP contribution in [0.3, 0.4) is 0 Å². The molecular weight excluding hydrogens is 243 g/mol. The van der Waals surface area contributed by atoms with Crippen molar-refractivity contribution < 1.29 is 14.0 Å². The predicted octanol–water partition coefficient (Wildman–Crippen LogP) is 0.971. The van der Waals surface area contributed by atoms with Gasteiger partial charge in [-0.3, -0.25) is 4.68 Å². The minimum Gasteiger partial charge on any atom is -0.399 e. The molecule has 1 atom stereocenters. The molecule has 0 aromatic carbocycles. The van der Waals surface area contributed by atoms with Gasteiger partial charge in [0.25, 0.3) is 0 Å². The van der Waals surface area contributed by atoms with E-state index in [9.17, 15) is 0 Å². The van der Waals surface area contributed by atoms with Crippen LogP contribution in [0.4, 0.5) is 0 Å². The first-order valence-electron chi connectivity index (χ1n) is 6.87. The smallest absolute Gasteiger partial charge is 0.399 e. The fourth-order valence-electron chi connectivity index (χ4n) is 2.22.